The highest BCUT2D eigenvalue weighted by Crippen LogP contribution is 2.05. The lowest BCUT2D eigenvalue weighted by atomic mass is 10.1. The molecule has 2 aromatic rings. The first-order chi connectivity index (χ1) is 9.06. The molecule has 98 valence electrons. The summed E-state index contributed by atoms with van der Waals surface area (Å²) in [6.45, 7) is 3.57. The molecule has 0 saturated carbocycles. The van der Waals surface area contributed by atoms with Gasteiger partial charge in [0.1, 0.15) is 0 Å². The smallest absolute Gasteiger partial charge is 0.245 e. The molecule has 19 heavy (non-hydrogen) atoms. The highest BCUT2D eigenvalue weighted by molar-refractivity contribution is 7.07. The van der Waals surface area contributed by atoms with Crippen LogP contribution in [0.25, 0.3) is 0 Å². The van der Waals surface area contributed by atoms with Crippen LogP contribution in [0.2, 0.25) is 0 Å². The molecule has 1 aromatic carbocycles. The normalized spacial score (nSPS) is 11.6. The van der Waals surface area contributed by atoms with Gasteiger partial charge in [-0.15, -0.1) is 11.3 Å². The van der Waals surface area contributed by atoms with E-state index in [0.29, 0.717) is 10.4 Å². The molecule has 0 N–H and O–H groups in total. The Morgan fingerprint density at radius 3 is 2.58 bits per heavy atom. The van der Waals surface area contributed by atoms with Crippen LogP contribution in [0.1, 0.15) is 22.8 Å². The molecule has 0 unspecified atom stereocenters. The van der Waals surface area contributed by atoms with Gasteiger partial charge in [-0.05, 0) is 6.92 Å². The van der Waals surface area contributed by atoms with Crippen molar-refractivity contribution in [3.63, 3.8) is 0 Å². The lowest BCUT2D eigenvalue weighted by Crippen LogP contribution is -2.20. The predicted molar refractivity (Wildman–Crippen MR) is 74.1 cm³/mol. The maximum atomic E-state index is 12.1. The summed E-state index contributed by atoms with van der Waals surface area (Å²) in [6, 6.07) is 7.44. The molecule has 0 atom stereocenters. The second kappa shape index (κ2) is 5.75. The number of carbonyl (C=O) groups excluding carboxylic acids is 2. The largest absolute Gasteiger partial charge is 0.316 e. The second-order valence-corrected chi connectivity index (χ2v) is 5.11. The number of Topliss-reactive ketones (excluding diaryl/α,β-unsaturated/α-hetero) is 1. The van der Waals surface area contributed by atoms with Crippen LogP contribution in [0, 0.1) is 6.92 Å². The molecule has 1 heterocycles. The third-order valence-corrected chi connectivity index (χ3v) is 3.39. The first-order valence-electron chi connectivity index (χ1n) is 5.85. The second-order valence-electron chi connectivity index (χ2n) is 4.23. The van der Waals surface area contributed by atoms with E-state index in [4.69, 9.17) is 0 Å². The third kappa shape index (κ3) is 3.48. The maximum Gasteiger partial charge on any atom is 0.245 e. The lowest BCUT2D eigenvalue weighted by Gasteiger charge is -2.03. The molecule has 4 nitrogen and oxygen atoms in total. The molecule has 0 aliphatic carbocycles. The standard InChI is InChI=1S/C14H14N2O2S/c1-10-3-5-12(6-4-10)13(18)9-16-7-8-19-14(16)15-11(2)17/h3-8H,9H2,1-2H3. The Labute approximate surface area is 115 Å². The van der Waals surface area contributed by atoms with Gasteiger partial charge in [0.2, 0.25) is 5.91 Å². The number of hydrogen-bond acceptors (Lipinski definition) is 3. The Bertz CT molecular complexity index is 665. The fourth-order valence-electron chi connectivity index (χ4n) is 1.63. The van der Waals surface area contributed by atoms with Crippen molar-refractivity contribution in [2.75, 3.05) is 0 Å². The van der Waals surface area contributed by atoms with Crippen LogP contribution in [0.3, 0.4) is 0 Å². The highest BCUT2D eigenvalue weighted by Gasteiger charge is 2.07. The summed E-state index contributed by atoms with van der Waals surface area (Å²) >= 11 is 1.34. The molecule has 0 aliphatic heterocycles. The number of ketones is 1. The van der Waals surface area contributed by atoms with Gasteiger partial charge in [0.25, 0.3) is 0 Å². The monoisotopic (exact) mass is 274 g/mol. The van der Waals surface area contributed by atoms with E-state index in [2.05, 4.69) is 4.99 Å². The molecule has 2 rings (SSSR count). The van der Waals surface area contributed by atoms with Gasteiger partial charge in [0.05, 0.1) is 6.54 Å². The Morgan fingerprint density at radius 2 is 1.95 bits per heavy atom. The van der Waals surface area contributed by atoms with E-state index in [1.165, 1.54) is 18.3 Å². The number of thiazole rings is 1. The SMILES string of the molecule is CC(=O)N=c1sccn1CC(=O)c1ccc(C)cc1. The van der Waals surface area contributed by atoms with Crippen LogP contribution in [0.4, 0.5) is 0 Å². The summed E-state index contributed by atoms with van der Waals surface area (Å²) in [4.78, 5) is 27.5. The zero-order valence-corrected chi connectivity index (χ0v) is 11.6. The number of aryl methyl sites for hydroxylation is 1. The van der Waals surface area contributed by atoms with Crippen molar-refractivity contribution in [2.24, 2.45) is 4.99 Å². The highest BCUT2D eigenvalue weighted by atomic mass is 32.1. The van der Waals surface area contributed by atoms with Crippen molar-refractivity contribution in [1.82, 2.24) is 4.57 Å². The summed E-state index contributed by atoms with van der Waals surface area (Å²) in [5.41, 5.74) is 1.78. The molecule has 0 saturated heterocycles. The van der Waals surface area contributed by atoms with Crippen LogP contribution >= 0.6 is 11.3 Å². The van der Waals surface area contributed by atoms with Gasteiger partial charge in [-0.2, -0.15) is 4.99 Å². The van der Waals surface area contributed by atoms with Gasteiger partial charge in [-0.3, -0.25) is 9.59 Å². The molecule has 5 heteroatoms. The van der Waals surface area contributed by atoms with E-state index < -0.39 is 0 Å². The van der Waals surface area contributed by atoms with Crippen molar-refractivity contribution in [1.29, 1.82) is 0 Å². The summed E-state index contributed by atoms with van der Waals surface area (Å²) < 4.78 is 1.69. The van der Waals surface area contributed by atoms with E-state index >= 15 is 0 Å². The number of hydrogen-bond donors (Lipinski definition) is 0. The number of amides is 1. The topological polar surface area (TPSA) is 51.4 Å². The van der Waals surface area contributed by atoms with E-state index in [-0.39, 0.29) is 18.2 Å². The van der Waals surface area contributed by atoms with Crippen LogP contribution < -0.4 is 4.80 Å². The molecular weight excluding hydrogens is 260 g/mol. The van der Waals surface area contributed by atoms with E-state index in [0.717, 1.165) is 5.56 Å². The van der Waals surface area contributed by atoms with E-state index in [1.54, 1.807) is 10.8 Å². The number of rotatable bonds is 3. The Balaban J connectivity index is 2.22. The molecule has 0 spiro atoms. The van der Waals surface area contributed by atoms with Crippen molar-refractivity contribution in [3.8, 4) is 0 Å². The fourth-order valence-corrected chi connectivity index (χ4v) is 2.40. The first-order valence-corrected chi connectivity index (χ1v) is 6.73. The quantitative estimate of drug-likeness (QED) is 0.806. The average Bonchev–Trinajstić information content (AvgIpc) is 2.76. The van der Waals surface area contributed by atoms with Gasteiger partial charge in [0, 0.05) is 24.1 Å². The Kier molecular flexibility index (Phi) is 4.06. The molecule has 0 aliphatic rings. The molecule has 0 bridgehead atoms. The number of benzene rings is 1. The minimum absolute atomic E-state index is 0.00315. The molecular formula is C14H14N2O2S. The average molecular weight is 274 g/mol. The van der Waals surface area contributed by atoms with Gasteiger partial charge < -0.3 is 4.57 Å². The van der Waals surface area contributed by atoms with Crippen molar-refractivity contribution >= 4 is 23.0 Å². The van der Waals surface area contributed by atoms with Crippen molar-refractivity contribution in [2.45, 2.75) is 20.4 Å². The van der Waals surface area contributed by atoms with Crippen molar-refractivity contribution < 1.29 is 9.59 Å². The van der Waals surface area contributed by atoms with Gasteiger partial charge in [0.15, 0.2) is 10.6 Å². The van der Waals surface area contributed by atoms with Crippen molar-refractivity contribution in [3.05, 3.63) is 51.8 Å². The zero-order chi connectivity index (χ0) is 13.8. The van der Waals surface area contributed by atoms with Gasteiger partial charge >= 0.3 is 0 Å². The van der Waals surface area contributed by atoms with Gasteiger partial charge in [-0.25, -0.2) is 0 Å². The summed E-state index contributed by atoms with van der Waals surface area (Å²) in [6.07, 6.45) is 1.76. The minimum Gasteiger partial charge on any atom is -0.316 e. The third-order valence-electron chi connectivity index (χ3n) is 2.60. The van der Waals surface area contributed by atoms with Crippen LogP contribution in [0.5, 0.6) is 0 Å². The van der Waals surface area contributed by atoms with E-state index in [9.17, 15) is 9.59 Å². The van der Waals surface area contributed by atoms with Gasteiger partial charge in [-0.1, -0.05) is 29.8 Å². The number of nitrogens with zero attached hydrogens (tertiary/aromatic N) is 2. The van der Waals surface area contributed by atoms with Crippen LogP contribution in [-0.2, 0) is 11.3 Å². The first kappa shape index (κ1) is 13.4. The molecule has 1 amide bonds. The number of carbonyl (C=O) groups is 2. The summed E-state index contributed by atoms with van der Waals surface area (Å²) in [5, 5.41) is 1.81. The minimum atomic E-state index is -0.265. The molecule has 0 fully saturated rings. The summed E-state index contributed by atoms with van der Waals surface area (Å²) in [7, 11) is 0. The number of aromatic nitrogens is 1. The van der Waals surface area contributed by atoms with E-state index in [1.807, 2.05) is 36.6 Å². The van der Waals surface area contributed by atoms with Crippen LogP contribution in [-0.4, -0.2) is 16.3 Å². The van der Waals surface area contributed by atoms with Crippen LogP contribution in [0.15, 0.2) is 40.8 Å². The molecule has 0 radical (unpaired) electrons. The fraction of sp³-hybridized carbons (Fsp3) is 0.214. The zero-order valence-electron chi connectivity index (χ0n) is 10.8. The lowest BCUT2D eigenvalue weighted by molar-refractivity contribution is -0.116. The molecule has 1 aromatic heterocycles. The Morgan fingerprint density at radius 1 is 1.26 bits per heavy atom. The predicted octanol–water partition coefficient (Wildman–Crippen LogP) is 2.19. The maximum absolute atomic E-state index is 12.1. The summed E-state index contributed by atoms with van der Waals surface area (Å²) in [5.74, 6) is -0.262. The Hall–Kier alpha value is -2.01.